The first-order valence-electron chi connectivity index (χ1n) is 4.24. The Bertz CT molecular complexity index is 297. The highest BCUT2D eigenvalue weighted by atomic mass is 32.2. The molecule has 2 nitrogen and oxygen atoms in total. The molecule has 0 aliphatic rings. The molecule has 1 aromatic rings. The van der Waals surface area contributed by atoms with Crippen molar-refractivity contribution >= 4 is 10.8 Å². The van der Waals surface area contributed by atoms with E-state index in [1.54, 1.807) is 0 Å². The first kappa shape index (κ1) is 10.4. The standard InChI is InChI=1S/C10H14O2S/c1-9-4-2-3-5-10(9)8-13(12)7-6-11/h2-5,11H,6-8H2,1H3. The number of rotatable bonds is 4. The van der Waals surface area contributed by atoms with Crippen LogP contribution in [0.2, 0.25) is 0 Å². The van der Waals surface area contributed by atoms with Crippen molar-refractivity contribution in [3.8, 4) is 0 Å². The second-order valence-electron chi connectivity index (χ2n) is 2.94. The van der Waals surface area contributed by atoms with Crippen molar-refractivity contribution in [1.29, 1.82) is 0 Å². The number of hydrogen-bond acceptors (Lipinski definition) is 2. The lowest BCUT2D eigenvalue weighted by Gasteiger charge is -2.03. The summed E-state index contributed by atoms with van der Waals surface area (Å²) in [6.07, 6.45) is 0. The maximum atomic E-state index is 11.3. The van der Waals surface area contributed by atoms with Crippen molar-refractivity contribution in [3.63, 3.8) is 0 Å². The number of aryl methyl sites for hydroxylation is 1. The van der Waals surface area contributed by atoms with Crippen LogP contribution in [0.5, 0.6) is 0 Å². The summed E-state index contributed by atoms with van der Waals surface area (Å²) in [7, 11) is -0.931. The molecule has 72 valence electrons. The highest BCUT2D eigenvalue weighted by molar-refractivity contribution is 7.84. The van der Waals surface area contributed by atoms with Crippen LogP contribution in [0.3, 0.4) is 0 Å². The van der Waals surface area contributed by atoms with Gasteiger partial charge in [0.2, 0.25) is 0 Å². The van der Waals surface area contributed by atoms with E-state index in [1.165, 1.54) is 0 Å². The molecule has 0 fully saturated rings. The molecule has 1 unspecified atom stereocenters. The molecule has 0 saturated carbocycles. The monoisotopic (exact) mass is 198 g/mol. The topological polar surface area (TPSA) is 37.3 Å². The van der Waals surface area contributed by atoms with Crippen LogP contribution < -0.4 is 0 Å². The van der Waals surface area contributed by atoms with Gasteiger partial charge in [-0.25, -0.2) is 0 Å². The van der Waals surface area contributed by atoms with E-state index in [9.17, 15) is 4.21 Å². The molecule has 0 bridgehead atoms. The molecule has 1 atom stereocenters. The SMILES string of the molecule is Cc1ccccc1CS(=O)CCO. The van der Waals surface area contributed by atoms with Crippen molar-refractivity contribution in [1.82, 2.24) is 0 Å². The predicted molar refractivity (Wildman–Crippen MR) is 55.0 cm³/mol. The van der Waals surface area contributed by atoms with E-state index < -0.39 is 10.8 Å². The van der Waals surface area contributed by atoms with Crippen LogP contribution >= 0.6 is 0 Å². The molecule has 3 heteroatoms. The van der Waals surface area contributed by atoms with E-state index in [0.717, 1.165) is 11.1 Å². The van der Waals surface area contributed by atoms with Gasteiger partial charge in [0.1, 0.15) is 0 Å². The molecular weight excluding hydrogens is 184 g/mol. The van der Waals surface area contributed by atoms with E-state index in [0.29, 0.717) is 11.5 Å². The fraction of sp³-hybridized carbons (Fsp3) is 0.400. The van der Waals surface area contributed by atoms with Crippen LogP contribution in [0.15, 0.2) is 24.3 Å². The summed E-state index contributed by atoms with van der Waals surface area (Å²) in [6, 6.07) is 7.89. The average Bonchev–Trinajstić information content (AvgIpc) is 2.09. The fourth-order valence-electron chi connectivity index (χ4n) is 1.12. The lowest BCUT2D eigenvalue weighted by molar-refractivity contribution is 0.321. The van der Waals surface area contributed by atoms with Gasteiger partial charge in [-0.1, -0.05) is 24.3 Å². The molecule has 0 aliphatic carbocycles. The Labute approximate surface area is 81.1 Å². The number of benzene rings is 1. The molecule has 0 radical (unpaired) electrons. The minimum Gasteiger partial charge on any atom is -0.395 e. The van der Waals surface area contributed by atoms with Gasteiger partial charge in [0.05, 0.1) is 6.61 Å². The first-order chi connectivity index (χ1) is 6.24. The van der Waals surface area contributed by atoms with E-state index >= 15 is 0 Å². The summed E-state index contributed by atoms with van der Waals surface area (Å²) in [6.45, 7) is 2.00. The first-order valence-corrected chi connectivity index (χ1v) is 5.73. The summed E-state index contributed by atoms with van der Waals surface area (Å²) in [5, 5.41) is 8.59. The molecular formula is C10H14O2S. The second-order valence-corrected chi connectivity index (χ2v) is 4.51. The van der Waals surface area contributed by atoms with E-state index in [1.807, 2.05) is 31.2 Å². The lowest BCUT2D eigenvalue weighted by Crippen LogP contribution is -2.05. The average molecular weight is 198 g/mol. The minimum atomic E-state index is -0.931. The summed E-state index contributed by atoms with van der Waals surface area (Å²) in [5.74, 6) is 0.918. The van der Waals surface area contributed by atoms with Crippen molar-refractivity contribution in [2.24, 2.45) is 0 Å². The molecule has 0 aliphatic heterocycles. The van der Waals surface area contributed by atoms with Gasteiger partial charge in [-0.05, 0) is 18.1 Å². The molecule has 0 amide bonds. The summed E-state index contributed by atoms with van der Waals surface area (Å²) >= 11 is 0. The molecule has 1 N–H and O–H groups in total. The molecule has 0 heterocycles. The Balaban J connectivity index is 2.63. The highest BCUT2D eigenvalue weighted by Crippen LogP contribution is 2.09. The lowest BCUT2D eigenvalue weighted by atomic mass is 10.1. The van der Waals surface area contributed by atoms with Gasteiger partial charge in [-0.3, -0.25) is 4.21 Å². The second kappa shape index (κ2) is 5.14. The van der Waals surface area contributed by atoms with Gasteiger partial charge >= 0.3 is 0 Å². The van der Waals surface area contributed by atoms with E-state index in [-0.39, 0.29) is 6.61 Å². The van der Waals surface area contributed by atoms with Crippen molar-refractivity contribution in [2.75, 3.05) is 12.4 Å². The molecule has 0 saturated heterocycles. The number of aliphatic hydroxyl groups is 1. The summed E-state index contributed by atoms with van der Waals surface area (Å²) in [4.78, 5) is 0. The van der Waals surface area contributed by atoms with Gasteiger partial charge < -0.3 is 5.11 Å². The normalized spacial score (nSPS) is 12.8. The summed E-state index contributed by atoms with van der Waals surface area (Å²) in [5.41, 5.74) is 2.27. The van der Waals surface area contributed by atoms with Crippen LogP contribution in [-0.2, 0) is 16.6 Å². The molecule has 0 aromatic heterocycles. The molecule has 1 aromatic carbocycles. The van der Waals surface area contributed by atoms with E-state index in [2.05, 4.69) is 0 Å². The Hall–Kier alpha value is -0.670. The van der Waals surface area contributed by atoms with Crippen LogP contribution in [0.25, 0.3) is 0 Å². The maximum Gasteiger partial charge on any atom is 0.0546 e. The highest BCUT2D eigenvalue weighted by Gasteiger charge is 2.02. The minimum absolute atomic E-state index is 0.00150. The zero-order valence-corrected chi connectivity index (χ0v) is 8.51. The van der Waals surface area contributed by atoms with E-state index in [4.69, 9.17) is 5.11 Å². The fourth-order valence-corrected chi connectivity index (χ4v) is 2.14. The molecule has 0 spiro atoms. The Kier molecular flexibility index (Phi) is 4.12. The van der Waals surface area contributed by atoms with Gasteiger partial charge in [0, 0.05) is 22.3 Å². The number of aliphatic hydroxyl groups excluding tert-OH is 1. The van der Waals surface area contributed by atoms with Gasteiger partial charge in [-0.15, -0.1) is 0 Å². The van der Waals surface area contributed by atoms with Crippen molar-refractivity contribution in [2.45, 2.75) is 12.7 Å². The predicted octanol–water partition coefficient (Wildman–Crippen LogP) is 1.24. The Morgan fingerprint density at radius 2 is 2.08 bits per heavy atom. The van der Waals surface area contributed by atoms with Gasteiger partial charge in [-0.2, -0.15) is 0 Å². The quantitative estimate of drug-likeness (QED) is 0.790. The maximum absolute atomic E-state index is 11.3. The smallest absolute Gasteiger partial charge is 0.0546 e. The largest absolute Gasteiger partial charge is 0.395 e. The van der Waals surface area contributed by atoms with Gasteiger partial charge in [0.15, 0.2) is 0 Å². The van der Waals surface area contributed by atoms with Crippen LogP contribution in [0.4, 0.5) is 0 Å². The third-order valence-corrected chi connectivity index (χ3v) is 3.17. The van der Waals surface area contributed by atoms with Crippen molar-refractivity contribution in [3.05, 3.63) is 35.4 Å². The molecule has 13 heavy (non-hydrogen) atoms. The zero-order chi connectivity index (χ0) is 9.68. The third kappa shape index (κ3) is 3.28. The van der Waals surface area contributed by atoms with Crippen LogP contribution in [-0.4, -0.2) is 21.7 Å². The Morgan fingerprint density at radius 3 is 2.69 bits per heavy atom. The Morgan fingerprint density at radius 1 is 1.38 bits per heavy atom. The zero-order valence-electron chi connectivity index (χ0n) is 7.69. The summed E-state index contributed by atoms with van der Waals surface area (Å²) < 4.78 is 11.3. The van der Waals surface area contributed by atoms with Crippen molar-refractivity contribution < 1.29 is 9.32 Å². The van der Waals surface area contributed by atoms with Crippen LogP contribution in [0.1, 0.15) is 11.1 Å². The van der Waals surface area contributed by atoms with Crippen LogP contribution in [0, 0.1) is 6.92 Å². The molecule has 1 rings (SSSR count). The third-order valence-electron chi connectivity index (χ3n) is 1.90. The van der Waals surface area contributed by atoms with Gasteiger partial charge in [0.25, 0.3) is 0 Å². The number of hydrogen-bond donors (Lipinski definition) is 1.